The van der Waals surface area contributed by atoms with Crippen molar-refractivity contribution in [3.63, 3.8) is 0 Å². The lowest BCUT2D eigenvalue weighted by Gasteiger charge is -2.30. The minimum Gasteiger partial charge on any atom is -0.408 e. The smallest absolute Gasteiger partial charge is 0.408 e. The number of nitrogens with zero attached hydrogens (tertiary/aromatic N) is 2. The van der Waals surface area contributed by atoms with Gasteiger partial charge in [-0.2, -0.15) is 0 Å². The summed E-state index contributed by atoms with van der Waals surface area (Å²) in [4.78, 5) is 26.1. The fourth-order valence-electron chi connectivity index (χ4n) is 2.87. The van der Waals surface area contributed by atoms with E-state index in [0.29, 0.717) is 35.0 Å². The Morgan fingerprint density at radius 2 is 2.09 bits per heavy atom. The van der Waals surface area contributed by atoms with Crippen molar-refractivity contribution >= 4 is 28.6 Å². The summed E-state index contributed by atoms with van der Waals surface area (Å²) in [6.45, 7) is 4.15. The van der Waals surface area contributed by atoms with Gasteiger partial charge in [0.2, 0.25) is 5.91 Å². The van der Waals surface area contributed by atoms with Crippen molar-refractivity contribution in [1.82, 2.24) is 9.47 Å². The topological polar surface area (TPSA) is 55.5 Å². The molecule has 0 saturated carbocycles. The summed E-state index contributed by atoms with van der Waals surface area (Å²) in [5.41, 5.74) is 1.13. The van der Waals surface area contributed by atoms with Crippen LogP contribution in [0.2, 0.25) is 5.02 Å². The van der Waals surface area contributed by atoms with Crippen molar-refractivity contribution in [3.05, 3.63) is 33.8 Å². The maximum Gasteiger partial charge on any atom is 0.419 e. The second kappa shape index (κ2) is 6.16. The Kier molecular flexibility index (Phi) is 4.25. The maximum absolute atomic E-state index is 12.3. The Morgan fingerprint density at radius 3 is 2.82 bits per heavy atom. The van der Waals surface area contributed by atoms with Gasteiger partial charge >= 0.3 is 5.76 Å². The lowest BCUT2D eigenvalue weighted by atomic mass is 9.99. The van der Waals surface area contributed by atoms with E-state index in [0.717, 1.165) is 25.9 Å². The number of piperidine rings is 1. The van der Waals surface area contributed by atoms with E-state index in [1.807, 2.05) is 4.90 Å². The lowest BCUT2D eigenvalue weighted by Crippen LogP contribution is -2.38. The highest BCUT2D eigenvalue weighted by Crippen LogP contribution is 2.20. The Hall–Kier alpha value is -1.75. The largest absolute Gasteiger partial charge is 0.419 e. The molecule has 1 amide bonds. The van der Waals surface area contributed by atoms with Crippen LogP contribution in [0, 0.1) is 5.92 Å². The molecule has 0 N–H and O–H groups in total. The molecule has 1 saturated heterocycles. The molecule has 22 heavy (non-hydrogen) atoms. The van der Waals surface area contributed by atoms with Gasteiger partial charge < -0.3 is 9.32 Å². The predicted octanol–water partition coefficient (Wildman–Crippen LogP) is 2.90. The minimum absolute atomic E-state index is 0.0928. The molecular weight excluding hydrogens is 304 g/mol. The van der Waals surface area contributed by atoms with Gasteiger partial charge in [0.1, 0.15) is 0 Å². The van der Waals surface area contributed by atoms with Crippen molar-refractivity contribution in [1.29, 1.82) is 0 Å². The number of carbonyl (C=O) groups is 1. The van der Waals surface area contributed by atoms with Gasteiger partial charge in [0, 0.05) is 31.1 Å². The molecule has 0 spiro atoms. The molecule has 0 atom stereocenters. The molecule has 1 aromatic heterocycles. The summed E-state index contributed by atoms with van der Waals surface area (Å²) in [5, 5.41) is 0.540. The molecule has 0 aliphatic carbocycles. The Balaban J connectivity index is 1.71. The van der Waals surface area contributed by atoms with Gasteiger partial charge in [-0.3, -0.25) is 9.36 Å². The second-order valence-electron chi connectivity index (χ2n) is 5.94. The van der Waals surface area contributed by atoms with Gasteiger partial charge in [0.25, 0.3) is 0 Å². The van der Waals surface area contributed by atoms with Crippen LogP contribution >= 0.6 is 11.6 Å². The first-order valence-electron chi connectivity index (χ1n) is 7.61. The van der Waals surface area contributed by atoms with Crippen molar-refractivity contribution in [3.8, 4) is 0 Å². The van der Waals surface area contributed by atoms with Crippen molar-refractivity contribution in [2.75, 3.05) is 13.1 Å². The summed E-state index contributed by atoms with van der Waals surface area (Å²) in [5.74, 6) is 0.333. The quantitative estimate of drug-likeness (QED) is 0.873. The molecule has 1 aromatic carbocycles. The number of benzene rings is 1. The van der Waals surface area contributed by atoms with Crippen LogP contribution in [0.1, 0.15) is 26.2 Å². The number of amides is 1. The highest BCUT2D eigenvalue weighted by Gasteiger charge is 2.20. The van der Waals surface area contributed by atoms with E-state index >= 15 is 0 Å². The van der Waals surface area contributed by atoms with E-state index < -0.39 is 5.76 Å². The number of halogens is 1. The van der Waals surface area contributed by atoms with Crippen molar-refractivity contribution in [2.24, 2.45) is 5.92 Å². The van der Waals surface area contributed by atoms with E-state index in [1.165, 1.54) is 4.57 Å². The number of likely N-dealkylation sites (tertiary alicyclic amines) is 1. The summed E-state index contributed by atoms with van der Waals surface area (Å²) in [6, 6.07) is 5.04. The molecule has 6 heteroatoms. The van der Waals surface area contributed by atoms with Crippen LogP contribution in [0.5, 0.6) is 0 Å². The van der Waals surface area contributed by atoms with E-state index in [2.05, 4.69) is 6.92 Å². The van der Waals surface area contributed by atoms with Gasteiger partial charge in [0.15, 0.2) is 5.58 Å². The van der Waals surface area contributed by atoms with Gasteiger partial charge in [-0.15, -0.1) is 0 Å². The zero-order valence-electron chi connectivity index (χ0n) is 12.5. The predicted molar refractivity (Wildman–Crippen MR) is 85.1 cm³/mol. The number of fused-ring (bicyclic) bond motifs is 1. The Bertz CT molecular complexity index is 741. The van der Waals surface area contributed by atoms with Crippen molar-refractivity contribution < 1.29 is 9.21 Å². The van der Waals surface area contributed by atoms with E-state index in [9.17, 15) is 9.59 Å². The summed E-state index contributed by atoms with van der Waals surface area (Å²) in [6.07, 6.45) is 2.40. The average molecular weight is 323 g/mol. The average Bonchev–Trinajstić information content (AvgIpc) is 2.80. The minimum atomic E-state index is -0.447. The third kappa shape index (κ3) is 3.04. The van der Waals surface area contributed by atoms with Crippen LogP contribution in [0.15, 0.2) is 27.4 Å². The van der Waals surface area contributed by atoms with Gasteiger partial charge in [-0.05, 0) is 37.0 Å². The molecule has 3 rings (SSSR count). The van der Waals surface area contributed by atoms with Crippen LogP contribution < -0.4 is 5.76 Å². The van der Waals surface area contributed by atoms with Crippen LogP contribution in [0.25, 0.3) is 11.1 Å². The fraction of sp³-hybridized carbons (Fsp3) is 0.500. The number of aryl methyl sites for hydroxylation is 1. The van der Waals surface area contributed by atoms with E-state index in [1.54, 1.807) is 18.2 Å². The molecule has 2 aromatic rings. The number of oxazole rings is 1. The molecule has 1 aliphatic heterocycles. The third-order valence-corrected chi connectivity index (χ3v) is 4.55. The summed E-state index contributed by atoms with van der Waals surface area (Å²) < 4.78 is 6.65. The first-order chi connectivity index (χ1) is 10.5. The second-order valence-corrected chi connectivity index (χ2v) is 6.38. The van der Waals surface area contributed by atoms with Crippen LogP contribution in [0.3, 0.4) is 0 Å². The van der Waals surface area contributed by atoms with Crippen molar-refractivity contribution in [2.45, 2.75) is 32.7 Å². The first-order valence-corrected chi connectivity index (χ1v) is 7.99. The Labute approximate surface area is 133 Å². The third-order valence-electron chi connectivity index (χ3n) is 4.32. The normalized spacial score (nSPS) is 16.4. The van der Waals surface area contributed by atoms with Crippen LogP contribution in [-0.4, -0.2) is 28.5 Å². The molecule has 1 fully saturated rings. The molecule has 5 nitrogen and oxygen atoms in total. The zero-order chi connectivity index (χ0) is 15.7. The molecular formula is C16H19ClN2O3. The monoisotopic (exact) mass is 322 g/mol. The number of aromatic nitrogens is 1. The molecule has 2 heterocycles. The number of rotatable bonds is 3. The van der Waals surface area contributed by atoms with Gasteiger partial charge in [-0.25, -0.2) is 4.79 Å². The number of carbonyl (C=O) groups excluding carboxylic acids is 1. The fourth-order valence-corrected chi connectivity index (χ4v) is 3.04. The molecule has 0 radical (unpaired) electrons. The summed E-state index contributed by atoms with van der Waals surface area (Å²) >= 11 is 5.97. The summed E-state index contributed by atoms with van der Waals surface area (Å²) in [7, 11) is 0. The number of hydrogen-bond acceptors (Lipinski definition) is 3. The van der Waals surface area contributed by atoms with Gasteiger partial charge in [0.05, 0.1) is 5.52 Å². The lowest BCUT2D eigenvalue weighted by molar-refractivity contribution is -0.132. The van der Waals surface area contributed by atoms with Crippen LogP contribution in [-0.2, 0) is 11.3 Å². The highest BCUT2D eigenvalue weighted by molar-refractivity contribution is 6.31. The Morgan fingerprint density at radius 1 is 1.36 bits per heavy atom. The molecule has 118 valence electrons. The van der Waals surface area contributed by atoms with E-state index in [4.69, 9.17) is 16.0 Å². The maximum atomic E-state index is 12.3. The van der Waals surface area contributed by atoms with Crippen LogP contribution in [0.4, 0.5) is 0 Å². The molecule has 0 bridgehead atoms. The molecule has 1 aliphatic rings. The SMILES string of the molecule is CC1CCN(C(=O)CCn2c(=O)oc3ccc(Cl)cc32)CC1. The number of hydrogen-bond donors (Lipinski definition) is 0. The highest BCUT2D eigenvalue weighted by atomic mass is 35.5. The molecule has 0 unspecified atom stereocenters. The zero-order valence-corrected chi connectivity index (χ0v) is 13.3. The first kappa shape index (κ1) is 15.2. The van der Waals surface area contributed by atoms with E-state index in [-0.39, 0.29) is 5.91 Å². The standard InChI is InChI=1S/C16H19ClN2O3/c1-11-4-7-18(8-5-11)15(20)6-9-19-13-10-12(17)2-3-14(13)22-16(19)21/h2-3,10-11H,4-9H2,1H3. The van der Waals surface area contributed by atoms with Gasteiger partial charge in [-0.1, -0.05) is 18.5 Å².